The van der Waals surface area contributed by atoms with Gasteiger partial charge < -0.3 is 29.1 Å². The van der Waals surface area contributed by atoms with Crippen molar-refractivity contribution in [2.75, 3.05) is 39.5 Å². The Kier molecular flexibility index (Phi) is 22.2. The van der Waals surface area contributed by atoms with Gasteiger partial charge in [0.15, 0.2) is 5.92 Å². The maximum absolute atomic E-state index is 13.4. The molecule has 8 heteroatoms. The number of aliphatic hydroxyl groups is 1. The first-order valence-corrected chi connectivity index (χ1v) is 19.7. The summed E-state index contributed by atoms with van der Waals surface area (Å²) in [6, 6.07) is 0. The highest BCUT2D eigenvalue weighted by atomic mass is 16.6. The number of hydrogen-bond donors (Lipinski definition) is 1. The van der Waals surface area contributed by atoms with Crippen LogP contribution < -0.4 is 0 Å². The van der Waals surface area contributed by atoms with Crippen molar-refractivity contribution in [2.24, 2.45) is 47.3 Å². The zero-order valence-corrected chi connectivity index (χ0v) is 31.1. The van der Waals surface area contributed by atoms with Crippen molar-refractivity contribution >= 4 is 24.5 Å². The van der Waals surface area contributed by atoms with Gasteiger partial charge in [0.2, 0.25) is 0 Å². The Balaban J connectivity index is 1.87. The Morgan fingerprint density at radius 2 is 1.04 bits per heavy atom. The molecule has 2 aliphatic carbocycles. The molecule has 0 aliphatic heterocycles. The molecule has 48 heavy (non-hydrogen) atoms. The topological polar surface area (TPSA) is 110 Å². The van der Waals surface area contributed by atoms with Gasteiger partial charge in [-0.25, -0.2) is 0 Å². The van der Waals surface area contributed by atoms with Gasteiger partial charge in [-0.15, -0.1) is 0 Å². The molecule has 0 amide bonds. The first-order chi connectivity index (χ1) is 23.1. The molecule has 0 atom stereocenters. The molecule has 2 aliphatic rings. The molecule has 0 heterocycles. The van der Waals surface area contributed by atoms with E-state index in [1.165, 1.54) is 64.2 Å². The molecule has 0 spiro atoms. The van der Waals surface area contributed by atoms with E-state index in [1.54, 1.807) is 0 Å². The Morgan fingerprint density at radius 1 is 0.625 bits per heavy atom. The van der Waals surface area contributed by atoms with Gasteiger partial charge in [-0.1, -0.05) is 91.9 Å². The van der Waals surface area contributed by atoms with E-state index in [0.717, 1.165) is 49.4 Å². The predicted octanol–water partition coefficient (Wildman–Crippen LogP) is 7.82. The molecule has 0 bridgehead atoms. The molecule has 8 nitrogen and oxygen atoms in total. The highest BCUT2D eigenvalue weighted by Gasteiger charge is 2.32. The second-order valence-electron chi connectivity index (χ2n) is 16.0. The number of carbonyl (C=O) groups is 4. The van der Waals surface area contributed by atoms with E-state index in [4.69, 9.17) is 9.47 Å². The third kappa shape index (κ3) is 18.3. The lowest BCUT2D eigenvalue weighted by Crippen LogP contribution is -2.33. The minimum Gasteiger partial charge on any atom is -0.465 e. The van der Waals surface area contributed by atoms with Crippen LogP contribution in [0.3, 0.4) is 0 Å². The van der Waals surface area contributed by atoms with E-state index in [0.29, 0.717) is 82.9 Å². The molecular formula is C40H71NO7. The van der Waals surface area contributed by atoms with Crippen LogP contribution in [0, 0.1) is 47.3 Å². The molecule has 0 aromatic carbocycles. The summed E-state index contributed by atoms with van der Waals surface area (Å²) >= 11 is 0. The van der Waals surface area contributed by atoms with Crippen LogP contribution in [0.25, 0.3) is 0 Å². The average molecular weight is 678 g/mol. The van der Waals surface area contributed by atoms with E-state index in [-0.39, 0.29) is 6.61 Å². The van der Waals surface area contributed by atoms with Crippen LogP contribution in [0.15, 0.2) is 0 Å². The van der Waals surface area contributed by atoms with Gasteiger partial charge in [0.25, 0.3) is 0 Å². The van der Waals surface area contributed by atoms with E-state index >= 15 is 0 Å². The Bertz CT molecular complexity index is 819. The average Bonchev–Trinajstić information content (AvgIpc) is 3.07. The van der Waals surface area contributed by atoms with E-state index in [9.17, 15) is 24.3 Å². The van der Waals surface area contributed by atoms with Crippen molar-refractivity contribution in [1.82, 2.24) is 4.90 Å². The monoisotopic (exact) mass is 678 g/mol. The molecule has 1 N–H and O–H groups in total. The van der Waals surface area contributed by atoms with Gasteiger partial charge in [0.1, 0.15) is 12.6 Å². The molecule has 2 fully saturated rings. The number of esters is 2. The number of rotatable bonds is 26. The lowest BCUT2D eigenvalue weighted by molar-refractivity contribution is -0.164. The number of ether oxygens (including phenoxy) is 2. The quantitative estimate of drug-likeness (QED) is 0.0561. The van der Waals surface area contributed by atoms with Gasteiger partial charge in [0, 0.05) is 6.54 Å². The van der Waals surface area contributed by atoms with Gasteiger partial charge >= 0.3 is 11.9 Å². The normalized spacial score (nSPS) is 22.3. The summed E-state index contributed by atoms with van der Waals surface area (Å²) in [5, 5.41) is 9.57. The summed E-state index contributed by atoms with van der Waals surface area (Å²) in [4.78, 5) is 50.9. The first kappa shape index (κ1) is 42.4. The smallest absolute Gasteiger partial charge is 0.320 e. The lowest BCUT2D eigenvalue weighted by Gasteiger charge is -2.29. The van der Waals surface area contributed by atoms with Crippen LogP contribution in [0.5, 0.6) is 0 Å². The molecule has 0 radical (unpaired) electrons. The maximum atomic E-state index is 13.4. The van der Waals surface area contributed by atoms with Gasteiger partial charge in [-0.3, -0.25) is 9.59 Å². The number of aliphatic hydroxyl groups excluding tert-OH is 1. The Morgan fingerprint density at radius 3 is 1.44 bits per heavy atom. The molecular weight excluding hydrogens is 606 g/mol. The van der Waals surface area contributed by atoms with Crippen LogP contribution in [0.4, 0.5) is 0 Å². The zero-order valence-electron chi connectivity index (χ0n) is 31.1. The molecule has 2 rings (SSSR count). The van der Waals surface area contributed by atoms with Crippen molar-refractivity contribution < 1.29 is 33.8 Å². The minimum absolute atomic E-state index is 0.0156. The standard InChI is InChI=1S/C40H71NO7/c1-31(2)9-5-11-33-15-19-35(20-16-33)29-47-39(45)38(14-8-24-41(25-26-42)23-7-13-37(27-43)28-44)40(46)48-30-36-21-17-34(18-22-36)12-6-10-32(3)4/h27-28,31-38,42H,5-26,29-30H2,1-4H3. The molecule has 0 saturated heterocycles. The van der Waals surface area contributed by atoms with E-state index < -0.39 is 23.8 Å². The van der Waals surface area contributed by atoms with Gasteiger partial charge in [-0.05, 0) is 100.0 Å². The molecule has 2 saturated carbocycles. The fourth-order valence-corrected chi connectivity index (χ4v) is 7.65. The van der Waals surface area contributed by atoms with Crippen LogP contribution in [-0.2, 0) is 28.7 Å². The van der Waals surface area contributed by atoms with Gasteiger partial charge in [0.05, 0.1) is 25.7 Å². The second kappa shape index (κ2) is 25.2. The summed E-state index contributed by atoms with van der Waals surface area (Å²) in [6.07, 6.45) is 20.1. The van der Waals surface area contributed by atoms with Crippen LogP contribution in [-0.4, -0.2) is 74.0 Å². The molecule has 0 unspecified atom stereocenters. The van der Waals surface area contributed by atoms with E-state index in [1.807, 2.05) is 0 Å². The van der Waals surface area contributed by atoms with Crippen LogP contribution in [0.2, 0.25) is 0 Å². The highest BCUT2D eigenvalue weighted by molar-refractivity contribution is 5.94. The summed E-state index contributed by atoms with van der Waals surface area (Å²) in [5.41, 5.74) is 0. The van der Waals surface area contributed by atoms with Crippen molar-refractivity contribution in [3.63, 3.8) is 0 Å². The zero-order chi connectivity index (χ0) is 35.1. The Hall–Kier alpha value is -1.80. The summed E-state index contributed by atoms with van der Waals surface area (Å²) < 4.78 is 11.7. The van der Waals surface area contributed by atoms with Crippen molar-refractivity contribution in [3.8, 4) is 0 Å². The number of hydrogen-bond acceptors (Lipinski definition) is 8. The third-order valence-electron chi connectivity index (χ3n) is 11.0. The second-order valence-corrected chi connectivity index (χ2v) is 16.0. The number of aldehydes is 2. The molecule has 278 valence electrons. The first-order valence-electron chi connectivity index (χ1n) is 19.7. The third-order valence-corrected chi connectivity index (χ3v) is 11.0. The van der Waals surface area contributed by atoms with Crippen molar-refractivity contribution in [1.29, 1.82) is 0 Å². The minimum atomic E-state index is -0.949. The van der Waals surface area contributed by atoms with Crippen molar-refractivity contribution in [3.05, 3.63) is 0 Å². The van der Waals surface area contributed by atoms with Crippen LogP contribution in [0.1, 0.15) is 143 Å². The summed E-state index contributed by atoms with van der Waals surface area (Å²) in [7, 11) is 0. The molecule has 0 aromatic heterocycles. The Labute approximate surface area is 292 Å². The molecule has 0 aromatic rings. The maximum Gasteiger partial charge on any atom is 0.320 e. The summed E-state index contributed by atoms with van der Waals surface area (Å²) in [5.74, 6) is 1.27. The lowest BCUT2D eigenvalue weighted by atomic mass is 9.80. The fraction of sp³-hybridized carbons (Fsp3) is 0.900. The number of carbonyl (C=O) groups excluding carboxylic acids is 4. The van der Waals surface area contributed by atoms with Crippen molar-refractivity contribution in [2.45, 2.75) is 143 Å². The summed E-state index contributed by atoms with van der Waals surface area (Å²) in [6.45, 7) is 11.5. The van der Waals surface area contributed by atoms with Gasteiger partial charge in [-0.2, -0.15) is 0 Å². The van der Waals surface area contributed by atoms with Crippen LogP contribution >= 0.6 is 0 Å². The van der Waals surface area contributed by atoms with E-state index in [2.05, 4.69) is 32.6 Å². The largest absolute Gasteiger partial charge is 0.465 e. The number of nitrogens with zero attached hydrogens (tertiary/aromatic N) is 1. The highest BCUT2D eigenvalue weighted by Crippen LogP contribution is 2.34. The fourth-order valence-electron chi connectivity index (χ4n) is 7.65. The predicted molar refractivity (Wildman–Crippen MR) is 191 cm³/mol. The SMILES string of the molecule is CC(C)CCCC1CCC(COC(=O)C(CCCN(CCO)CCCC(C=O)C=O)C(=O)OCC2CCC(CCCC(C)C)CC2)CC1.